The fourth-order valence-electron chi connectivity index (χ4n) is 3.13. The topological polar surface area (TPSA) is 55.3 Å². The van der Waals surface area contributed by atoms with Crippen LogP contribution in [0.15, 0.2) is 30.5 Å². The molecule has 0 aliphatic carbocycles. The minimum Gasteiger partial charge on any atom is -0.372 e. The van der Waals surface area contributed by atoms with E-state index in [1.54, 1.807) is 6.20 Å². The molecule has 0 aromatic carbocycles. The van der Waals surface area contributed by atoms with E-state index in [-0.39, 0.29) is 12.5 Å². The molecule has 128 valence electrons. The number of pyridine rings is 2. The molecule has 1 saturated heterocycles. The zero-order valence-corrected chi connectivity index (χ0v) is 14.3. The Morgan fingerprint density at radius 2 is 2.25 bits per heavy atom. The van der Waals surface area contributed by atoms with Crippen LogP contribution in [0, 0.1) is 0 Å². The molecule has 5 nitrogen and oxygen atoms in total. The summed E-state index contributed by atoms with van der Waals surface area (Å²) in [6.07, 6.45) is 6.06. The first kappa shape index (κ1) is 16.8. The lowest BCUT2D eigenvalue weighted by atomic mass is 10.0. The highest BCUT2D eigenvalue weighted by molar-refractivity contribution is 5.78. The van der Waals surface area contributed by atoms with Crippen LogP contribution in [0.5, 0.6) is 0 Å². The fraction of sp³-hybridized carbons (Fsp3) is 0.526. The van der Waals surface area contributed by atoms with Gasteiger partial charge in [-0.1, -0.05) is 19.8 Å². The Morgan fingerprint density at radius 1 is 1.33 bits per heavy atom. The van der Waals surface area contributed by atoms with Gasteiger partial charge in [0, 0.05) is 42.9 Å². The summed E-state index contributed by atoms with van der Waals surface area (Å²) < 4.78 is 5.49. The predicted octanol–water partition coefficient (Wildman–Crippen LogP) is 3.15. The molecule has 1 fully saturated rings. The second kappa shape index (κ2) is 8.20. The summed E-state index contributed by atoms with van der Waals surface area (Å²) in [5, 5.41) is 1.05. The number of carbonyl (C=O) groups excluding carboxylic acids is 1. The van der Waals surface area contributed by atoms with Crippen LogP contribution in [-0.4, -0.2) is 47.1 Å². The molecule has 3 rings (SSSR count). The molecule has 1 atom stereocenters. The van der Waals surface area contributed by atoms with Gasteiger partial charge in [-0.15, -0.1) is 0 Å². The number of hydrogen-bond acceptors (Lipinski definition) is 4. The van der Waals surface area contributed by atoms with E-state index in [0.29, 0.717) is 12.5 Å². The van der Waals surface area contributed by atoms with Crippen molar-refractivity contribution in [1.82, 2.24) is 14.9 Å². The van der Waals surface area contributed by atoms with Crippen LogP contribution < -0.4 is 0 Å². The van der Waals surface area contributed by atoms with Crippen LogP contribution in [0.2, 0.25) is 0 Å². The molecule has 0 radical (unpaired) electrons. The Balaban J connectivity index is 1.53. The smallest absolute Gasteiger partial charge is 0.248 e. The van der Waals surface area contributed by atoms with Gasteiger partial charge in [0.2, 0.25) is 5.91 Å². The number of ether oxygens (including phenoxy) is 1. The lowest BCUT2D eigenvalue weighted by Crippen LogP contribution is -2.32. The van der Waals surface area contributed by atoms with Gasteiger partial charge in [-0.25, -0.2) is 9.97 Å². The molecular weight excluding hydrogens is 302 g/mol. The molecule has 0 bridgehead atoms. The third-order valence-corrected chi connectivity index (χ3v) is 4.56. The highest BCUT2D eigenvalue weighted by atomic mass is 16.5. The van der Waals surface area contributed by atoms with E-state index in [0.717, 1.165) is 49.1 Å². The van der Waals surface area contributed by atoms with Gasteiger partial charge in [-0.05, 0) is 37.1 Å². The Morgan fingerprint density at radius 3 is 3.12 bits per heavy atom. The average Bonchev–Trinajstić information content (AvgIpc) is 3.11. The van der Waals surface area contributed by atoms with Crippen molar-refractivity contribution in [2.45, 2.75) is 38.5 Å². The van der Waals surface area contributed by atoms with Crippen LogP contribution in [0.4, 0.5) is 0 Å². The number of unbranched alkanes of at least 4 members (excludes halogenated alkanes) is 2. The van der Waals surface area contributed by atoms with Crippen molar-refractivity contribution >= 4 is 16.9 Å². The summed E-state index contributed by atoms with van der Waals surface area (Å²) in [6, 6.07) is 8.05. The summed E-state index contributed by atoms with van der Waals surface area (Å²) in [5.41, 5.74) is 1.80. The first-order valence-corrected chi connectivity index (χ1v) is 8.85. The van der Waals surface area contributed by atoms with Crippen LogP contribution in [0.1, 0.15) is 44.2 Å². The number of likely N-dealkylation sites (tertiary alicyclic amines) is 1. The maximum absolute atomic E-state index is 12.2. The van der Waals surface area contributed by atoms with Gasteiger partial charge in [-0.2, -0.15) is 0 Å². The van der Waals surface area contributed by atoms with Crippen molar-refractivity contribution in [3.63, 3.8) is 0 Å². The maximum atomic E-state index is 12.2. The third-order valence-electron chi connectivity index (χ3n) is 4.56. The fourth-order valence-corrected chi connectivity index (χ4v) is 3.13. The van der Waals surface area contributed by atoms with Gasteiger partial charge < -0.3 is 9.64 Å². The molecule has 5 heteroatoms. The summed E-state index contributed by atoms with van der Waals surface area (Å²) in [5.74, 6) is 0.383. The second-order valence-electron chi connectivity index (χ2n) is 6.37. The number of amides is 1. The normalized spacial score (nSPS) is 17.5. The molecule has 1 unspecified atom stereocenters. The predicted molar refractivity (Wildman–Crippen MR) is 93.8 cm³/mol. The lowest BCUT2D eigenvalue weighted by Gasteiger charge is -2.16. The van der Waals surface area contributed by atoms with Gasteiger partial charge in [0.1, 0.15) is 6.61 Å². The number of carbonyl (C=O) groups is 1. The van der Waals surface area contributed by atoms with Crippen molar-refractivity contribution in [1.29, 1.82) is 0 Å². The van der Waals surface area contributed by atoms with Gasteiger partial charge in [-0.3, -0.25) is 4.79 Å². The molecular formula is C19H25N3O2. The number of hydrogen-bond donors (Lipinski definition) is 0. The van der Waals surface area contributed by atoms with E-state index >= 15 is 0 Å². The number of aromatic nitrogens is 2. The van der Waals surface area contributed by atoms with Crippen molar-refractivity contribution in [3.8, 4) is 0 Å². The Labute approximate surface area is 143 Å². The Hall–Kier alpha value is -2.01. The van der Waals surface area contributed by atoms with E-state index in [4.69, 9.17) is 4.74 Å². The Kier molecular flexibility index (Phi) is 5.75. The van der Waals surface area contributed by atoms with Crippen LogP contribution in [-0.2, 0) is 9.53 Å². The Bertz CT molecular complexity index is 689. The summed E-state index contributed by atoms with van der Waals surface area (Å²) in [6.45, 7) is 4.54. The third kappa shape index (κ3) is 4.09. The van der Waals surface area contributed by atoms with E-state index in [1.807, 2.05) is 17.0 Å². The van der Waals surface area contributed by atoms with Gasteiger partial charge in [0.15, 0.2) is 5.65 Å². The molecule has 1 amide bonds. The molecule has 1 aliphatic rings. The van der Waals surface area contributed by atoms with Gasteiger partial charge >= 0.3 is 0 Å². The summed E-state index contributed by atoms with van der Waals surface area (Å²) in [4.78, 5) is 23.1. The van der Waals surface area contributed by atoms with Gasteiger partial charge in [0.25, 0.3) is 0 Å². The monoisotopic (exact) mass is 327 g/mol. The van der Waals surface area contributed by atoms with E-state index in [9.17, 15) is 4.79 Å². The van der Waals surface area contributed by atoms with Crippen LogP contribution in [0.3, 0.4) is 0 Å². The highest BCUT2D eigenvalue weighted by Gasteiger charge is 2.28. The van der Waals surface area contributed by atoms with E-state index in [2.05, 4.69) is 29.0 Å². The summed E-state index contributed by atoms with van der Waals surface area (Å²) >= 11 is 0. The van der Waals surface area contributed by atoms with Crippen molar-refractivity contribution < 1.29 is 9.53 Å². The summed E-state index contributed by atoms with van der Waals surface area (Å²) in [7, 11) is 0. The molecule has 3 heterocycles. The first-order chi connectivity index (χ1) is 11.8. The molecule has 0 saturated carbocycles. The van der Waals surface area contributed by atoms with Crippen molar-refractivity contribution in [2.24, 2.45) is 0 Å². The van der Waals surface area contributed by atoms with Crippen LogP contribution >= 0.6 is 0 Å². The largest absolute Gasteiger partial charge is 0.372 e. The maximum Gasteiger partial charge on any atom is 0.248 e. The zero-order valence-electron chi connectivity index (χ0n) is 14.3. The highest BCUT2D eigenvalue weighted by Crippen LogP contribution is 2.27. The number of nitrogens with zero attached hydrogens (tertiary/aromatic N) is 3. The molecule has 2 aromatic heterocycles. The molecule has 1 aliphatic heterocycles. The number of rotatable bonds is 7. The zero-order chi connectivity index (χ0) is 16.8. The van der Waals surface area contributed by atoms with Crippen molar-refractivity contribution in [3.05, 3.63) is 36.2 Å². The molecule has 24 heavy (non-hydrogen) atoms. The minimum absolute atomic E-state index is 0.0907. The first-order valence-electron chi connectivity index (χ1n) is 8.85. The van der Waals surface area contributed by atoms with Crippen molar-refractivity contribution in [2.75, 3.05) is 26.3 Å². The molecule has 0 spiro atoms. The quantitative estimate of drug-likeness (QED) is 0.733. The van der Waals surface area contributed by atoms with E-state index in [1.165, 1.54) is 6.42 Å². The second-order valence-corrected chi connectivity index (χ2v) is 6.37. The molecule has 0 N–H and O–H groups in total. The van der Waals surface area contributed by atoms with E-state index < -0.39 is 0 Å². The lowest BCUT2D eigenvalue weighted by molar-refractivity contribution is -0.135. The minimum atomic E-state index is 0.0907. The average molecular weight is 327 g/mol. The standard InChI is InChI=1S/C19H25N3O2/c1-2-3-4-12-24-14-18(23)22-11-9-16(13-22)17-8-7-15-6-5-10-20-19(15)21-17/h5-8,10,16H,2-4,9,11-14H2,1H3. The molecule has 2 aromatic rings. The number of fused-ring (bicyclic) bond motifs is 1. The SMILES string of the molecule is CCCCCOCC(=O)N1CCC(c2ccc3cccnc3n2)C1. The van der Waals surface area contributed by atoms with Crippen LogP contribution in [0.25, 0.3) is 11.0 Å². The van der Waals surface area contributed by atoms with Gasteiger partial charge in [0.05, 0.1) is 0 Å².